The van der Waals surface area contributed by atoms with E-state index in [2.05, 4.69) is 35.5 Å². The molecule has 2 aromatic rings. The molecule has 0 amide bonds. The average Bonchev–Trinajstić information content (AvgIpc) is 2.82. The molecule has 0 bridgehead atoms. The first-order valence-corrected chi connectivity index (χ1v) is 7.90. The summed E-state index contributed by atoms with van der Waals surface area (Å²) in [4.78, 5) is 0. The van der Waals surface area contributed by atoms with Crippen LogP contribution in [0.25, 0.3) is 0 Å². The molecule has 0 fully saturated rings. The van der Waals surface area contributed by atoms with Crippen molar-refractivity contribution in [3.05, 3.63) is 41.5 Å². The first-order chi connectivity index (χ1) is 9.61. The molecule has 0 unspecified atom stereocenters. The minimum Gasteiger partial charge on any atom is -0.306 e. The smallest absolute Gasteiger partial charge is 0.191 e. The maximum Gasteiger partial charge on any atom is 0.191 e. The van der Waals surface area contributed by atoms with Gasteiger partial charge in [-0.1, -0.05) is 44.7 Å². The molecule has 1 aromatic heterocycles. The van der Waals surface area contributed by atoms with Crippen molar-refractivity contribution in [3.63, 3.8) is 0 Å². The maximum absolute atomic E-state index is 12.9. The number of rotatable bonds is 6. The number of hydrogen-bond acceptors (Lipinski definition) is 3. The normalized spacial score (nSPS) is 11.2. The van der Waals surface area contributed by atoms with Crippen molar-refractivity contribution in [1.29, 1.82) is 0 Å². The van der Waals surface area contributed by atoms with E-state index in [0.29, 0.717) is 5.92 Å². The molecular weight excluding hydrogens is 273 g/mol. The van der Waals surface area contributed by atoms with Gasteiger partial charge in [-0.15, -0.1) is 10.2 Å². The molecule has 0 aliphatic carbocycles. The van der Waals surface area contributed by atoms with E-state index in [9.17, 15) is 4.39 Å². The van der Waals surface area contributed by atoms with Gasteiger partial charge in [0, 0.05) is 18.2 Å². The van der Waals surface area contributed by atoms with Gasteiger partial charge in [0.15, 0.2) is 5.16 Å². The van der Waals surface area contributed by atoms with Crippen LogP contribution in [0.2, 0.25) is 0 Å². The third-order valence-corrected chi connectivity index (χ3v) is 4.03. The van der Waals surface area contributed by atoms with Gasteiger partial charge in [-0.3, -0.25) is 0 Å². The molecule has 0 saturated heterocycles. The summed E-state index contributed by atoms with van der Waals surface area (Å²) in [6, 6.07) is 6.61. The van der Waals surface area contributed by atoms with E-state index in [-0.39, 0.29) is 5.82 Å². The topological polar surface area (TPSA) is 30.7 Å². The molecule has 0 radical (unpaired) electrons. The Bertz CT molecular complexity index is 549. The number of benzene rings is 1. The van der Waals surface area contributed by atoms with Crippen LogP contribution in [-0.4, -0.2) is 14.8 Å². The predicted molar refractivity (Wildman–Crippen MR) is 80.4 cm³/mol. The number of nitrogens with zero attached hydrogens (tertiary/aromatic N) is 3. The van der Waals surface area contributed by atoms with E-state index in [1.807, 2.05) is 12.1 Å². The molecule has 0 N–H and O–H groups in total. The predicted octanol–water partition coefficient (Wildman–Crippen LogP) is 4.24. The summed E-state index contributed by atoms with van der Waals surface area (Å²) < 4.78 is 15.1. The first-order valence-electron chi connectivity index (χ1n) is 6.92. The number of halogens is 1. The van der Waals surface area contributed by atoms with Crippen molar-refractivity contribution in [3.8, 4) is 0 Å². The summed E-state index contributed by atoms with van der Waals surface area (Å²) in [5.74, 6) is 1.98. The molecule has 0 aliphatic heterocycles. The second-order valence-corrected chi connectivity index (χ2v) is 6.00. The zero-order valence-corrected chi connectivity index (χ0v) is 13.0. The summed E-state index contributed by atoms with van der Waals surface area (Å²) in [6.07, 6.45) is 1.06. The molecular formula is C15H20FN3S. The van der Waals surface area contributed by atoms with E-state index in [4.69, 9.17) is 0 Å². The van der Waals surface area contributed by atoms with Gasteiger partial charge < -0.3 is 4.57 Å². The zero-order valence-electron chi connectivity index (χ0n) is 12.1. The highest BCUT2D eigenvalue weighted by Crippen LogP contribution is 2.24. The van der Waals surface area contributed by atoms with Crippen molar-refractivity contribution < 1.29 is 4.39 Å². The van der Waals surface area contributed by atoms with Crippen molar-refractivity contribution in [2.45, 2.75) is 50.6 Å². The van der Waals surface area contributed by atoms with E-state index in [1.165, 1.54) is 12.1 Å². The van der Waals surface area contributed by atoms with Gasteiger partial charge in [0.1, 0.15) is 11.6 Å². The average molecular weight is 293 g/mol. The summed E-state index contributed by atoms with van der Waals surface area (Å²) in [5, 5.41) is 9.53. The Morgan fingerprint density at radius 1 is 1.20 bits per heavy atom. The fourth-order valence-electron chi connectivity index (χ4n) is 2.00. The summed E-state index contributed by atoms with van der Waals surface area (Å²) in [7, 11) is 0. The highest BCUT2D eigenvalue weighted by molar-refractivity contribution is 7.98. The Hall–Kier alpha value is -1.36. The van der Waals surface area contributed by atoms with E-state index < -0.39 is 0 Å². The van der Waals surface area contributed by atoms with Crippen LogP contribution in [0.5, 0.6) is 0 Å². The third-order valence-electron chi connectivity index (χ3n) is 2.99. The van der Waals surface area contributed by atoms with Crippen LogP contribution < -0.4 is 0 Å². The first kappa shape index (κ1) is 15.0. The minimum absolute atomic E-state index is 0.199. The second-order valence-electron chi connectivity index (χ2n) is 5.06. The molecule has 5 heteroatoms. The Kier molecular flexibility index (Phi) is 5.17. The highest BCUT2D eigenvalue weighted by Gasteiger charge is 2.14. The quantitative estimate of drug-likeness (QED) is 0.746. The fraction of sp³-hybridized carbons (Fsp3) is 0.467. The van der Waals surface area contributed by atoms with Crippen LogP contribution in [-0.2, 0) is 12.3 Å². The van der Waals surface area contributed by atoms with Crippen LogP contribution in [0.1, 0.15) is 44.5 Å². The summed E-state index contributed by atoms with van der Waals surface area (Å²) in [5.41, 5.74) is 1.09. The zero-order chi connectivity index (χ0) is 14.5. The second kappa shape index (κ2) is 6.88. The lowest BCUT2D eigenvalue weighted by atomic mass is 10.2. The van der Waals surface area contributed by atoms with Crippen molar-refractivity contribution in [2.75, 3.05) is 0 Å². The van der Waals surface area contributed by atoms with Gasteiger partial charge >= 0.3 is 0 Å². The van der Waals surface area contributed by atoms with Crippen molar-refractivity contribution in [2.24, 2.45) is 0 Å². The molecule has 0 saturated carbocycles. The van der Waals surface area contributed by atoms with Crippen LogP contribution >= 0.6 is 11.8 Å². The lowest BCUT2D eigenvalue weighted by molar-refractivity contribution is 0.572. The van der Waals surface area contributed by atoms with Crippen LogP contribution in [0.4, 0.5) is 4.39 Å². The van der Waals surface area contributed by atoms with Crippen molar-refractivity contribution in [1.82, 2.24) is 14.8 Å². The third kappa shape index (κ3) is 3.60. The van der Waals surface area contributed by atoms with Crippen molar-refractivity contribution >= 4 is 11.8 Å². The highest BCUT2D eigenvalue weighted by atomic mass is 32.2. The van der Waals surface area contributed by atoms with Gasteiger partial charge in [0.05, 0.1) is 0 Å². The molecule has 0 spiro atoms. The van der Waals surface area contributed by atoms with Gasteiger partial charge in [-0.2, -0.15) is 0 Å². The molecule has 20 heavy (non-hydrogen) atoms. The largest absolute Gasteiger partial charge is 0.306 e. The molecule has 1 aromatic carbocycles. The van der Waals surface area contributed by atoms with Gasteiger partial charge in [-0.25, -0.2) is 4.39 Å². The fourth-order valence-corrected chi connectivity index (χ4v) is 2.92. The molecule has 108 valence electrons. The molecule has 0 aliphatic rings. The van der Waals surface area contributed by atoms with Crippen LogP contribution in [0.15, 0.2) is 29.4 Å². The number of aromatic nitrogens is 3. The van der Waals surface area contributed by atoms with Gasteiger partial charge in [0.25, 0.3) is 0 Å². The standard InChI is InChI=1S/C15H20FN3S/c1-4-9-19-14(11(2)3)17-18-15(19)20-10-12-5-7-13(16)8-6-12/h5-8,11H,4,9-10H2,1-3H3. The van der Waals surface area contributed by atoms with Gasteiger partial charge in [-0.05, 0) is 24.1 Å². The van der Waals surface area contributed by atoms with Crippen LogP contribution in [0, 0.1) is 5.82 Å². The van der Waals surface area contributed by atoms with E-state index >= 15 is 0 Å². The minimum atomic E-state index is -0.199. The number of hydrogen-bond donors (Lipinski definition) is 0. The lowest BCUT2D eigenvalue weighted by Gasteiger charge is -2.10. The lowest BCUT2D eigenvalue weighted by Crippen LogP contribution is -2.06. The van der Waals surface area contributed by atoms with E-state index in [0.717, 1.165) is 35.3 Å². The Morgan fingerprint density at radius 2 is 1.90 bits per heavy atom. The Labute approximate surface area is 123 Å². The Balaban J connectivity index is 2.10. The summed E-state index contributed by atoms with van der Waals surface area (Å²) in [6.45, 7) is 7.35. The monoisotopic (exact) mass is 293 g/mol. The van der Waals surface area contributed by atoms with E-state index in [1.54, 1.807) is 11.8 Å². The van der Waals surface area contributed by atoms with Crippen LogP contribution in [0.3, 0.4) is 0 Å². The Morgan fingerprint density at radius 3 is 2.50 bits per heavy atom. The molecule has 1 heterocycles. The number of thioether (sulfide) groups is 1. The van der Waals surface area contributed by atoms with Gasteiger partial charge in [0.2, 0.25) is 0 Å². The maximum atomic E-state index is 12.9. The molecule has 0 atom stereocenters. The molecule has 3 nitrogen and oxygen atoms in total. The molecule has 2 rings (SSSR count). The summed E-state index contributed by atoms with van der Waals surface area (Å²) >= 11 is 1.65. The SMILES string of the molecule is CCCn1c(SCc2ccc(F)cc2)nnc1C(C)C.